The van der Waals surface area contributed by atoms with E-state index >= 15 is 0 Å². The summed E-state index contributed by atoms with van der Waals surface area (Å²) in [6, 6.07) is 3.42. The van der Waals surface area contributed by atoms with E-state index in [1.807, 2.05) is 13.0 Å². The number of rotatable bonds is 2. The third-order valence-corrected chi connectivity index (χ3v) is 2.55. The molecule has 0 unspecified atom stereocenters. The summed E-state index contributed by atoms with van der Waals surface area (Å²) in [5.74, 6) is 6.12. The van der Waals surface area contributed by atoms with Gasteiger partial charge in [0, 0.05) is 6.20 Å². The van der Waals surface area contributed by atoms with Crippen molar-refractivity contribution in [3.8, 4) is 5.82 Å². The van der Waals surface area contributed by atoms with E-state index in [4.69, 9.17) is 29.0 Å². The van der Waals surface area contributed by atoms with Gasteiger partial charge < -0.3 is 5.43 Å². The van der Waals surface area contributed by atoms with Gasteiger partial charge in [0.2, 0.25) is 0 Å². The molecular weight excluding hydrogens is 249 g/mol. The molecule has 16 heavy (non-hydrogen) atoms. The molecule has 0 aliphatic heterocycles. The molecule has 84 valence electrons. The molecule has 0 atom stereocenters. The second kappa shape index (κ2) is 4.29. The normalized spacial score (nSPS) is 10.5. The van der Waals surface area contributed by atoms with Crippen molar-refractivity contribution in [2.24, 2.45) is 5.84 Å². The van der Waals surface area contributed by atoms with Gasteiger partial charge in [-0.1, -0.05) is 23.2 Å². The summed E-state index contributed by atoms with van der Waals surface area (Å²) < 4.78 is 1.56. The number of hydrogen-bond acceptors (Lipinski definition) is 4. The molecule has 2 rings (SSSR count). The number of nitrogen functional groups attached to an aromatic ring is 1. The number of nitrogens with zero attached hydrogens (tertiary/aromatic N) is 3. The number of aromatic nitrogens is 3. The van der Waals surface area contributed by atoms with Gasteiger partial charge in [0.15, 0.2) is 11.6 Å². The topological polar surface area (TPSA) is 68.8 Å². The molecule has 0 radical (unpaired) electrons. The minimum atomic E-state index is 0.356. The highest BCUT2D eigenvalue weighted by atomic mass is 35.5. The van der Waals surface area contributed by atoms with E-state index in [-0.39, 0.29) is 0 Å². The molecular formula is C9H9Cl2N5. The van der Waals surface area contributed by atoms with Crippen molar-refractivity contribution >= 4 is 29.0 Å². The first-order valence-corrected chi connectivity index (χ1v) is 5.22. The van der Waals surface area contributed by atoms with Crippen molar-refractivity contribution in [2.45, 2.75) is 6.92 Å². The Kier molecular flexibility index (Phi) is 3.00. The number of nitrogens with one attached hydrogen (secondary N) is 1. The summed E-state index contributed by atoms with van der Waals surface area (Å²) in [5, 5.41) is 4.98. The van der Waals surface area contributed by atoms with Gasteiger partial charge in [-0.05, 0) is 19.1 Å². The highest BCUT2D eigenvalue weighted by molar-refractivity contribution is 6.36. The van der Waals surface area contributed by atoms with Crippen LogP contribution in [0.2, 0.25) is 10.0 Å². The molecule has 0 aliphatic rings. The number of pyridine rings is 1. The first-order chi connectivity index (χ1) is 7.61. The predicted octanol–water partition coefficient (Wildman–Crippen LogP) is 2.17. The van der Waals surface area contributed by atoms with Gasteiger partial charge >= 0.3 is 0 Å². The highest BCUT2D eigenvalue weighted by Gasteiger charge is 2.10. The molecule has 0 fully saturated rings. The van der Waals surface area contributed by atoms with Gasteiger partial charge in [0.25, 0.3) is 0 Å². The molecule has 3 N–H and O–H groups in total. The largest absolute Gasteiger partial charge is 0.307 e. The molecule has 0 spiro atoms. The van der Waals surface area contributed by atoms with Crippen LogP contribution in [0.1, 0.15) is 5.69 Å². The molecule has 0 bridgehead atoms. The maximum absolute atomic E-state index is 6.03. The Bertz CT molecular complexity index is 523. The number of anilines is 1. The fourth-order valence-corrected chi connectivity index (χ4v) is 1.75. The van der Waals surface area contributed by atoms with E-state index in [0.29, 0.717) is 21.7 Å². The van der Waals surface area contributed by atoms with Crippen molar-refractivity contribution in [1.82, 2.24) is 14.8 Å². The van der Waals surface area contributed by atoms with E-state index in [9.17, 15) is 0 Å². The maximum Gasteiger partial charge on any atom is 0.174 e. The summed E-state index contributed by atoms with van der Waals surface area (Å²) in [6.45, 7) is 1.88. The van der Waals surface area contributed by atoms with Crippen molar-refractivity contribution in [1.29, 1.82) is 0 Å². The lowest BCUT2D eigenvalue weighted by molar-refractivity contribution is 0.833. The molecule has 2 heterocycles. The van der Waals surface area contributed by atoms with Gasteiger partial charge in [0.05, 0.1) is 15.7 Å². The third-order valence-electron chi connectivity index (χ3n) is 1.99. The Labute approximate surface area is 102 Å². The molecule has 0 saturated carbocycles. The Morgan fingerprint density at radius 3 is 2.69 bits per heavy atom. The van der Waals surface area contributed by atoms with Crippen molar-refractivity contribution in [3.05, 3.63) is 34.1 Å². The molecule has 0 aliphatic carbocycles. The molecule has 0 amide bonds. The van der Waals surface area contributed by atoms with Crippen LogP contribution >= 0.6 is 23.2 Å². The van der Waals surface area contributed by atoms with Crippen LogP contribution in [-0.4, -0.2) is 14.8 Å². The number of hydrogen-bond donors (Lipinski definition) is 2. The van der Waals surface area contributed by atoms with Crippen LogP contribution in [0, 0.1) is 6.92 Å². The maximum atomic E-state index is 6.03. The van der Waals surface area contributed by atoms with Gasteiger partial charge in [-0.25, -0.2) is 15.5 Å². The van der Waals surface area contributed by atoms with Crippen molar-refractivity contribution in [2.75, 3.05) is 5.43 Å². The Morgan fingerprint density at radius 2 is 2.12 bits per heavy atom. The lowest BCUT2D eigenvalue weighted by Crippen LogP contribution is -2.11. The van der Waals surface area contributed by atoms with E-state index in [0.717, 1.165) is 5.69 Å². The summed E-state index contributed by atoms with van der Waals surface area (Å²) in [6.07, 6.45) is 1.76. The summed E-state index contributed by atoms with van der Waals surface area (Å²) in [5.41, 5.74) is 3.27. The van der Waals surface area contributed by atoms with Crippen molar-refractivity contribution in [3.63, 3.8) is 0 Å². The predicted molar refractivity (Wildman–Crippen MR) is 63.9 cm³/mol. The number of halogens is 2. The first-order valence-electron chi connectivity index (χ1n) is 4.47. The number of aryl methyl sites for hydroxylation is 1. The quantitative estimate of drug-likeness (QED) is 0.639. The lowest BCUT2D eigenvalue weighted by Gasteiger charge is -2.07. The second-order valence-electron chi connectivity index (χ2n) is 3.17. The highest BCUT2D eigenvalue weighted by Crippen LogP contribution is 2.27. The van der Waals surface area contributed by atoms with E-state index < -0.39 is 0 Å². The zero-order chi connectivity index (χ0) is 11.7. The fraction of sp³-hybridized carbons (Fsp3) is 0.111. The molecule has 0 saturated heterocycles. The van der Waals surface area contributed by atoms with Crippen LogP contribution < -0.4 is 11.3 Å². The van der Waals surface area contributed by atoms with Gasteiger partial charge in [-0.2, -0.15) is 5.10 Å². The van der Waals surface area contributed by atoms with Crippen molar-refractivity contribution < 1.29 is 0 Å². The second-order valence-corrected chi connectivity index (χ2v) is 3.98. The summed E-state index contributed by atoms with van der Waals surface area (Å²) in [7, 11) is 0. The van der Waals surface area contributed by atoms with Crippen LogP contribution in [0.15, 0.2) is 18.3 Å². The van der Waals surface area contributed by atoms with E-state index in [1.54, 1.807) is 16.9 Å². The molecule has 7 heteroatoms. The monoisotopic (exact) mass is 257 g/mol. The molecule has 5 nitrogen and oxygen atoms in total. The molecule has 2 aromatic heterocycles. The Morgan fingerprint density at radius 1 is 1.38 bits per heavy atom. The van der Waals surface area contributed by atoms with E-state index in [2.05, 4.69) is 15.5 Å². The standard InChI is InChI=1S/C9H9Cl2N5/c1-5-2-3-16(15-5)9-7(11)4-6(10)8(13-9)14-12/h2-4H,12H2,1H3,(H,13,14). The number of nitrogens with two attached hydrogens (primary N) is 1. The molecule has 2 aromatic rings. The summed E-state index contributed by atoms with van der Waals surface area (Å²) in [4.78, 5) is 4.17. The summed E-state index contributed by atoms with van der Waals surface area (Å²) >= 11 is 11.9. The van der Waals surface area contributed by atoms with Gasteiger partial charge in [0.1, 0.15) is 0 Å². The van der Waals surface area contributed by atoms with Gasteiger partial charge in [-0.15, -0.1) is 0 Å². The molecule has 0 aromatic carbocycles. The van der Waals surface area contributed by atoms with Crippen LogP contribution in [0.4, 0.5) is 5.82 Å². The Hall–Kier alpha value is -1.30. The van der Waals surface area contributed by atoms with Crippen LogP contribution in [0.3, 0.4) is 0 Å². The fourth-order valence-electron chi connectivity index (χ4n) is 1.25. The third kappa shape index (κ3) is 1.97. The minimum Gasteiger partial charge on any atom is -0.307 e. The average Bonchev–Trinajstić information content (AvgIpc) is 2.65. The average molecular weight is 258 g/mol. The van der Waals surface area contributed by atoms with Crippen LogP contribution in [0.25, 0.3) is 5.82 Å². The van der Waals surface area contributed by atoms with Crippen LogP contribution in [0.5, 0.6) is 0 Å². The lowest BCUT2D eigenvalue weighted by atomic mass is 10.4. The number of hydrazine groups is 1. The first kappa shape index (κ1) is 11.2. The zero-order valence-corrected chi connectivity index (χ0v) is 9.92. The zero-order valence-electron chi connectivity index (χ0n) is 8.41. The smallest absolute Gasteiger partial charge is 0.174 e. The SMILES string of the molecule is Cc1ccn(-c2nc(NN)c(Cl)cc2Cl)n1. The van der Waals surface area contributed by atoms with Crippen LogP contribution in [-0.2, 0) is 0 Å². The van der Waals surface area contributed by atoms with Gasteiger partial charge in [-0.3, -0.25) is 0 Å². The Balaban J connectivity index is 2.56. The van der Waals surface area contributed by atoms with E-state index in [1.165, 1.54) is 0 Å². The minimum absolute atomic E-state index is 0.356.